The number of aliphatic hydroxyl groups excluding tert-OH is 3. The van der Waals surface area contributed by atoms with Crippen LogP contribution in [0.4, 0.5) is 11.6 Å². The molecule has 0 saturated carbocycles. The number of hydrogen-bond acceptors (Lipinski definition) is 17. The van der Waals surface area contributed by atoms with E-state index in [1.165, 1.54) is 41.6 Å². The Morgan fingerprint density at radius 3 is 1.98 bits per heavy atom. The smallest absolute Gasteiger partial charge is 0.353 e. The fraction of sp³-hybridized carbons (Fsp3) is 0.545. The summed E-state index contributed by atoms with van der Waals surface area (Å²) in [5, 5.41) is 31.3. The number of aliphatic hydroxyl groups is 3. The highest BCUT2D eigenvalue weighted by Crippen LogP contribution is 2.45. The third kappa shape index (κ3) is 5.31. The largest absolute Gasteiger partial charge is 0.394 e. The molecule has 0 radical (unpaired) electrons. The van der Waals surface area contributed by atoms with Gasteiger partial charge in [0.15, 0.2) is 35.4 Å². The minimum Gasteiger partial charge on any atom is -0.394 e. The van der Waals surface area contributed by atoms with Crippen LogP contribution >= 0.6 is 7.60 Å². The second-order valence-electron chi connectivity index (χ2n) is 9.85. The van der Waals surface area contributed by atoms with E-state index in [2.05, 4.69) is 29.9 Å². The maximum atomic E-state index is 13.0. The molecule has 0 amide bonds. The van der Waals surface area contributed by atoms with Crippen molar-refractivity contribution in [1.82, 2.24) is 39.0 Å². The van der Waals surface area contributed by atoms with Gasteiger partial charge in [-0.25, -0.2) is 29.9 Å². The van der Waals surface area contributed by atoms with Crippen LogP contribution in [-0.4, -0.2) is 123 Å². The van der Waals surface area contributed by atoms with Crippen molar-refractivity contribution in [2.45, 2.75) is 49.1 Å². The quantitative estimate of drug-likeness (QED) is 0.103. The lowest BCUT2D eigenvalue weighted by atomic mass is 10.1. The highest BCUT2D eigenvalue weighted by atomic mass is 31.2. The SMILES string of the molecule is COC1[C@@H](O)[C@@H](COP(=O)(O)COC2C(O)[C@@H](CO)O[C@H]2n2cnc3c(N)ncnc32)O[C@H]1n1cnc2c(N)ncnc21. The molecule has 2 aliphatic rings. The second-order valence-corrected chi connectivity index (χ2v) is 11.6. The molecule has 0 bridgehead atoms. The standard InChI is InChI=1S/C22H29N10O10P/c1-38-15-14(35)10(42-21(15)31-6-29-11-17(23)25-4-27-19(11)31)3-40-43(36,37)8-39-16-13(34)9(2-33)41-22(16)32-7-30-12-18(24)26-5-28-20(12)32/h4-7,9-10,13-16,21-22,33-35H,2-3,8H2,1H3,(H,36,37)(H2,23,25,27)(H2,24,26,28)/t9-,10-,13?,14+,15?,16?,21-,22-/m1/s1. The summed E-state index contributed by atoms with van der Waals surface area (Å²) in [6.07, 6.45) is -4.67. The summed E-state index contributed by atoms with van der Waals surface area (Å²) in [4.78, 5) is 35.0. The molecule has 6 heterocycles. The van der Waals surface area contributed by atoms with Crippen LogP contribution in [-0.2, 0) is 28.0 Å². The Morgan fingerprint density at radius 2 is 1.42 bits per heavy atom. The van der Waals surface area contributed by atoms with Gasteiger partial charge in [0.1, 0.15) is 66.7 Å². The molecule has 2 saturated heterocycles. The molecule has 0 aliphatic carbocycles. The van der Waals surface area contributed by atoms with Crippen LogP contribution in [0, 0.1) is 0 Å². The van der Waals surface area contributed by atoms with Crippen molar-refractivity contribution in [3.05, 3.63) is 25.3 Å². The number of methoxy groups -OCH3 is 1. The molecular weight excluding hydrogens is 595 g/mol. The van der Waals surface area contributed by atoms with E-state index >= 15 is 0 Å². The number of fused-ring (bicyclic) bond motifs is 2. The van der Waals surface area contributed by atoms with Crippen LogP contribution in [0.2, 0.25) is 0 Å². The van der Waals surface area contributed by atoms with Gasteiger partial charge in [0.05, 0.1) is 25.9 Å². The Bertz CT molecular complexity index is 1660. The molecule has 4 unspecified atom stereocenters. The molecule has 0 spiro atoms. The molecule has 232 valence electrons. The van der Waals surface area contributed by atoms with Crippen LogP contribution in [0.1, 0.15) is 12.5 Å². The first-order valence-corrected chi connectivity index (χ1v) is 14.6. The first kappa shape index (κ1) is 29.6. The van der Waals surface area contributed by atoms with Crippen molar-refractivity contribution in [1.29, 1.82) is 0 Å². The van der Waals surface area contributed by atoms with Crippen LogP contribution < -0.4 is 11.5 Å². The summed E-state index contributed by atoms with van der Waals surface area (Å²) in [6, 6.07) is 0. The summed E-state index contributed by atoms with van der Waals surface area (Å²) >= 11 is 0. The van der Waals surface area contributed by atoms with E-state index in [0.717, 1.165) is 0 Å². The normalized spacial score (nSPS) is 30.8. The number of nitrogen functional groups attached to an aromatic ring is 2. The first-order valence-electron chi connectivity index (χ1n) is 12.9. The maximum absolute atomic E-state index is 13.0. The van der Waals surface area contributed by atoms with E-state index in [9.17, 15) is 24.8 Å². The molecule has 9 atom stereocenters. The Labute approximate surface area is 241 Å². The lowest BCUT2D eigenvalue weighted by Crippen LogP contribution is -2.36. The Hall–Kier alpha value is -3.43. The number of imidazole rings is 2. The van der Waals surface area contributed by atoms with Gasteiger partial charge >= 0.3 is 7.60 Å². The zero-order valence-corrected chi connectivity index (χ0v) is 23.4. The van der Waals surface area contributed by atoms with E-state index in [4.69, 9.17) is 34.9 Å². The molecule has 2 fully saturated rings. The van der Waals surface area contributed by atoms with Crippen molar-refractivity contribution in [2.24, 2.45) is 0 Å². The number of anilines is 2. The van der Waals surface area contributed by atoms with Crippen molar-refractivity contribution in [3.63, 3.8) is 0 Å². The van der Waals surface area contributed by atoms with Gasteiger partial charge in [-0.2, -0.15) is 0 Å². The number of ether oxygens (including phenoxy) is 4. The highest BCUT2D eigenvalue weighted by molar-refractivity contribution is 7.52. The fourth-order valence-corrected chi connectivity index (χ4v) is 5.94. The van der Waals surface area contributed by atoms with Gasteiger partial charge in [-0.05, 0) is 0 Å². The van der Waals surface area contributed by atoms with Gasteiger partial charge in [0.25, 0.3) is 0 Å². The number of rotatable bonds is 10. The molecule has 43 heavy (non-hydrogen) atoms. The average molecular weight is 625 g/mol. The molecule has 8 N–H and O–H groups in total. The summed E-state index contributed by atoms with van der Waals surface area (Å²) in [7, 11) is -3.13. The van der Waals surface area contributed by atoms with Crippen LogP contribution in [0.15, 0.2) is 25.3 Å². The monoisotopic (exact) mass is 624 g/mol. The zero-order valence-electron chi connectivity index (χ0n) is 22.5. The molecule has 6 rings (SSSR count). The van der Waals surface area contributed by atoms with Gasteiger partial charge in [-0.3, -0.25) is 13.7 Å². The van der Waals surface area contributed by atoms with Crippen molar-refractivity contribution >= 4 is 41.6 Å². The molecule has 4 aromatic heterocycles. The number of nitrogens with two attached hydrogens (primary N) is 2. The summed E-state index contributed by atoms with van der Waals surface area (Å²) in [5.74, 6) is 0.265. The van der Waals surface area contributed by atoms with E-state index in [1.807, 2.05) is 0 Å². The van der Waals surface area contributed by atoms with E-state index in [1.54, 1.807) is 0 Å². The van der Waals surface area contributed by atoms with Crippen LogP contribution in [0.3, 0.4) is 0 Å². The predicted molar refractivity (Wildman–Crippen MR) is 143 cm³/mol. The van der Waals surface area contributed by atoms with E-state index in [0.29, 0.717) is 11.2 Å². The molecule has 4 aromatic rings. The summed E-state index contributed by atoms with van der Waals surface area (Å²) in [6.45, 7) is -1.08. The van der Waals surface area contributed by atoms with Gasteiger partial charge in [-0.15, -0.1) is 0 Å². The Kier molecular flexibility index (Phi) is 7.98. The van der Waals surface area contributed by atoms with Crippen molar-refractivity contribution in [3.8, 4) is 0 Å². The minimum atomic E-state index is -4.50. The predicted octanol–water partition coefficient (Wildman–Crippen LogP) is -2.10. The zero-order chi connectivity index (χ0) is 30.5. The molecule has 21 heteroatoms. The molecular formula is C22H29N10O10P. The van der Waals surface area contributed by atoms with Gasteiger partial charge in [0, 0.05) is 7.11 Å². The topological polar surface area (TPSA) is 283 Å². The Balaban J connectivity index is 1.13. The van der Waals surface area contributed by atoms with Gasteiger partial charge in [0.2, 0.25) is 0 Å². The molecule has 20 nitrogen and oxygen atoms in total. The highest BCUT2D eigenvalue weighted by Gasteiger charge is 2.48. The van der Waals surface area contributed by atoms with E-state index in [-0.39, 0.29) is 22.8 Å². The average Bonchev–Trinajstić information content (AvgIpc) is 3.75. The maximum Gasteiger partial charge on any atom is 0.353 e. The van der Waals surface area contributed by atoms with Gasteiger partial charge < -0.3 is 55.2 Å². The first-order chi connectivity index (χ1) is 20.6. The fourth-order valence-electron chi connectivity index (χ4n) is 5.13. The Morgan fingerprint density at radius 1 is 0.884 bits per heavy atom. The molecule has 0 aromatic carbocycles. The lowest BCUT2D eigenvalue weighted by Gasteiger charge is -2.24. The summed E-state index contributed by atoms with van der Waals surface area (Å²) < 4.78 is 43.9. The number of aromatic nitrogens is 8. The van der Waals surface area contributed by atoms with Gasteiger partial charge in [-0.1, -0.05) is 0 Å². The second kappa shape index (κ2) is 11.6. The molecule has 2 aliphatic heterocycles. The van der Waals surface area contributed by atoms with Crippen molar-refractivity contribution < 1.29 is 48.2 Å². The minimum absolute atomic E-state index is 0.111. The van der Waals surface area contributed by atoms with Crippen LogP contribution in [0.25, 0.3) is 22.3 Å². The lowest BCUT2D eigenvalue weighted by molar-refractivity contribution is -0.0668. The van der Waals surface area contributed by atoms with E-state index < -0.39 is 76.2 Å². The van der Waals surface area contributed by atoms with Crippen LogP contribution in [0.5, 0.6) is 0 Å². The third-order valence-corrected chi connectivity index (χ3v) is 8.30. The number of hydrogen-bond donors (Lipinski definition) is 6. The number of nitrogens with zero attached hydrogens (tertiary/aromatic N) is 8. The van der Waals surface area contributed by atoms with Crippen molar-refractivity contribution in [2.75, 3.05) is 38.1 Å². The summed E-state index contributed by atoms with van der Waals surface area (Å²) in [5.41, 5.74) is 12.9. The third-order valence-electron chi connectivity index (χ3n) is 7.27.